The molecule has 0 radical (unpaired) electrons. The maximum Gasteiger partial charge on any atom is 0.314 e. The molecule has 1 aliphatic heterocycles. The zero-order chi connectivity index (χ0) is 12.7. The molecule has 0 spiro atoms. The maximum absolute atomic E-state index is 11.3. The van der Waals surface area contributed by atoms with Gasteiger partial charge in [0.1, 0.15) is 0 Å². The van der Waals surface area contributed by atoms with Crippen LogP contribution >= 0.6 is 0 Å². The smallest absolute Gasteiger partial charge is 0.314 e. The number of carbonyl (C=O) groups excluding carboxylic acids is 2. The van der Waals surface area contributed by atoms with Crippen LogP contribution in [-0.2, 0) is 4.79 Å². The third-order valence-corrected chi connectivity index (χ3v) is 3.15. The molecule has 3 amide bonds. The first kappa shape index (κ1) is 13.8. The van der Waals surface area contributed by atoms with Crippen molar-refractivity contribution >= 4 is 11.9 Å². The van der Waals surface area contributed by atoms with E-state index in [0.29, 0.717) is 19.0 Å². The molecule has 0 unspecified atom stereocenters. The number of nitrogens with zero attached hydrogens (tertiary/aromatic N) is 1. The fraction of sp³-hybridized carbons (Fsp3) is 0.833. The van der Waals surface area contributed by atoms with Gasteiger partial charge in [0.2, 0.25) is 5.91 Å². The highest BCUT2D eigenvalue weighted by molar-refractivity contribution is 5.74. The number of rotatable bonds is 4. The summed E-state index contributed by atoms with van der Waals surface area (Å²) >= 11 is 0. The summed E-state index contributed by atoms with van der Waals surface area (Å²) in [7, 11) is 0. The van der Waals surface area contributed by atoms with Crippen LogP contribution in [0.25, 0.3) is 0 Å². The van der Waals surface area contributed by atoms with Crippen LogP contribution in [-0.4, -0.2) is 43.0 Å². The SMILES string of the molecule is CCCNC(=O)NCC1CCN(C(C)=O)CC1. The van der Waals surface area contributed by atoms with Crippen molar-refractivity contribution in [2.45, 2.75) is 33.1 Å². The van der Waals surface area contributed by atoms with Crippen LogP contribution in [0.1, 0.15) is 33.1 Å². The summed E-state index contributed by atoms with van der Waals surface area (Å²) in [6.07, 6.45) is 2.91. The van der Waals surface area contributed by atoms with Gasteiger partial charge in [-0.1, -0.05) is 6.92 Å². The molecule has 1 heterocycles. The molecule has 1 rings (SSSR count). The van der Waals surface area contributed by atoms with Gasteiger partial charge in [0.15, 0.2) is 0 Å². The summed E-state index contributed by atoms with van der Waals surface area (Å²) in [5.74, 6) is 0.648. The molecular formula is C12H23N3O2. The highest BCUT2D eigenvalue weighted by Crippen LogP contribution is 2.16. The Hall–Kier alpha value is -1.26. The van der Waals surface area contributed by atoms with Gasteiger partial charge in [0.25, 0.3) is 0 Å². The molecule has 1 aliphatic rings. The Morgan fingerprint density at radius 3 is 2.41 bits per heavy atom. The molecule has 0 bridgehead atoms. The molecule has 0 saturated carbocycles. The minimum atomic E-state index is -0.0825. The average Bonchev–Trinajstić information content (AvgIpc) is 2.34. The molecule has 0 aliphatic carbocycles. The molecule has 1 fully saturated rings. The number of hydrogen-bond acceptors (Lipinski definition) is 2. The van der Waals surface area contributed by atoms with Gasteiger partial charge >= 0.3 is 6.03 Å². The lowest BCUT2D eigenvalue weighted by molar-refractivity contribution is -0.130. The van der Waals surface area contributed by atoms with Crippen LogP contribution in [0.2, 0.25) is 0 Å². The van der Waals surface area contributed by atoms with Crippen molar-refractivity contribution in [2.75, 3.05) is 26.2 Å². The molecule has 0 atom stereocenters. The second-order valence-electron chi connectivity index (χ2n) is 4.59. The summed E-state index contributed by atoms with van der Waals surface area (Å²) in [4.78, 5) is 24.3. The van der Waals surface area contributed by atoms with E-state index in [9.17, 15) is 9.59 Å². The van der Waals surface area contributed by atoms with E-state index in [0.717, 1.165) is 32.4 Å². The quantitative estimate of drug-likeness (QED) is 0.770. The molecule has 1 saturated heterocycles. The Kier molecular flexibility index (Phi) is 5.80. The number of piperidine rings is 1. The van der Waals surface area contributed by atoms with Gasteiger partial charge in [-0.25, -0.2) is 4.79 Å². The predicted octanol–water partition coefficient (Wildman–Crippen LogP) is 0.954. The normalized spacial score (nSPS) is 16.7. The number of urea groups is 1. The third-order valence-electron chi connectivity index (χ3n) is 3.15. The molecule has 98 valence electrons. The Morgan fingerprint density at radius 1 is 1.24 bits per heavy atom. The van der Waals surface area contributed by atoms with Crippen molar-refractivity contribution in [1.82, 2.24) is 15.5 Å². The van der Waals surface area contributed by atoms with Gasteiger partial charge in [-0.15, -0.1) is 0 Å². The number of hydrogen-bond donors (Lipinski definition) is 2. The summed E-state index contributed by atoms with van der Waals surface area (Å²) in [6.45, 7) is 6.70. The van der Waals surface area contributed by atoms with Gasteiger partial charge in [0.05, 0.1) is 0 Å². The van der Waals surface area contributed by atoms with E-state index >= 15 is 0 Å². The van der Waals surface area contributed by atoms with Crippen molar-refractivity contribution in [3.8, 4) is 0 Å². The second-order valence-corrected chi connectivity index (χ2v) is 4.59. The number of nitrogens with one attached hydrogen (secondary N) is 2. The van der Waals surface area contributed by atoms with E-state index in [1.165, 1.54) is 0 Å². The van der Waals surface area contributed by atoms with E-state index in [-0.39, 0.29) is 11.9 Å². The van der Waals surface area contributed by atoms with Gasteiger partial charge < -0.3 is 15.5 Å². The highest BCUT2D eigenvalue weighted by atomic mass is 16.2. The molecule has 0 aromatic heterocycles. The maximum atomic E-state index is 11.3. The minimum Gasteiger partial charge on any atom is -0.343 e. The first-order chi connectivity index (χ1) is 8.13. The van der Waals surface area contributed by atoms with Crippen LogP contribution in [0.15, 0.2) is 0 Å². The fourth-order valence-electron chi connectivity index (χ4n) is 1.99. The molecule has 5 nitrogen and oxygen atoms in total. The van der Waals surface area contributed by atoms with E-state index in [2.05, 4.69) is 10.6 Å². The first-order valence-electron chi connectivity index (χ1n) is 6.40. The predicted molar refractivity (Wildman–Crippen MR) is 66.7 cm³/mol. The summed E-state index contributed by atoms with van der Waals surface area (Å²) in [5, 5.41) is 5.66. The van der Waals surface area contributed by atoms with Crippen molar-refractivity contribution in [3.05, 3.63) is 0 Å². The first-order valence-corrected chi connectivity index (χ1v) is 6.40. The molecule has 2 N–H and O–H groups in total. The summed E-state index contributed by atoms with van der Waals surface area (Å²) in [5.41, 5.74) is 0. The van der Waals surface area contributed by atoms with Gasteiger partial charge in [0, 0.05) is 33.1 Å². The third kappa shape index (κ3) is 5.06. The Balaban J connectivity index is 2.14. The number of carbonyl (C=O) groups is 2. The topological polar surface area (TPSA) is 61.4 Å². The van der Waals surface area contributed by atoms with Gasteiger partial charge in [-0.3, -0.25) is 4.79 Å². The average molecular weight is 241 g/mol. The number of amides is 3. The lowest BCUT2D eigenvalue weighted by Crippen LogP contribution is -2.43. The largest absolute Gasteiger partial charge is 0.343 e. The Bertz CT molecular complexity index is 260. The minimum absolute atomic E-state index is 0.0825. The lowest BCUT2D eigenvalue weighted by atomic mass is 9.97. The standard InChI is InChI=1S/C12H23N3O2/c1-3-6-13-12(17)14-9-11-4-7-15(8-5-11)10(2)16/h11H,3-9H2,1-2H3,(H2,13,14,17). The zero-order valence-corrected chi connectivity index (χ0v) is 10.8. The van der Waals surface area contributed by atoms with Gasteiger partial charge in [-0.2, -0.15) is 0 Å². The molecule has 0 aromatic rings. The lowest BCUT2D eigenvalue weighted by Gasteiger charge is -2.31. The van der Waals surface area contributed by atoms with E-state index < -0.39 is 0 Å². The number of likely N-dealkylation sites (tertiary alicyclic amines) is 1. The molecule has 5 heteroatoms. The zero-order valence-electron chi connectivity index (χ0n) is 10.8. The Morgan fingerprint density at radius 2 is 1.88 bits per heavy atom. The Labute approximate surface area is 103 Å². The fourth-order valence-corrected chi connectivity index (χ4v) is 1.99. The van der Waals surface area contributed by atoms with Crippen molar-refractivity contribution < 1.29 is 9.59 Å². The molecule has 17 heavy (non-hydrogen) atoms. The van der Waals surface area contributed by atoms with Crippen LogP contribution in [0, 0.1) is 5.92 Å². The van der Waals surface area contributed by atoms with Crippen molar-refractivity contribution in [2.24, 2.45) is 5.92 Å². The van der Waals surface area contributed by atoms with Gasteiger partial charge in [-0.05, 0) is 25.2 Å². The summed E-state index contributed by atoms with van der Waals surface area (Å²) < 4.78 is 0. The van der Waals surface area contributed by atoms with Crippen molar-refractivity contribution in [3.63, 3.8) is 0 Å². The van der Waals surface area contributed by atoms with Crippen LogP contribution in [0.4, 0.5) is 4.79 Å². The van der Waals surface area contributed by atoms with E-state index in [1.807, 2.05) is 11.8 Å². The van der Waals surface area contributed by atoms with Crippen molar-refractivity contribution in [1.29, 1.82) is 0 Å². The highest BCUT2D eigenvalue weighted by Gasteiger charge is 2.20. The molecule has 0 aromatic carbocycles. The van der Waals surface area contributed by atoms with Crippen LogP contribution in [0.5, 0.6) is 0 Å². The molecular weight excluding hydrogens is 218 g/mol. The van der Waals surface area contributed by atoms with E-state index in [1.54, 1.807) is 6.92 Å². The van der Waals surface area contributed by atoms with Crippen LogP contribution in [0.3, 0.4) is 0 Å². The van der Waals surface area contributed by atoms with Crippen LogP contribution < -0.4 is 10.6 Å². The van der Waals surface area contributed by atoms with E-state index in [4.69, 9.17) is 0 Å². The second kappa shape index (κ2) is 7.14. The summed E-state index contributed by atoms with van der Waals surface area (Å²) in [6, 6.07) is -0.0825. The monoisotopic (exact) mass is 241 g/mol.